The molecular weight excluding hydrogens is 170 g/mol. The summed E-state index contributed by atoms with van der Waals surface area (Å²) in [6, 6.07) is 1.76. The first-order chi connectivity index (χ1) is 6.22. The van der Waals surface area contributed by atoms with Crippen LogP contribution < -0.4 is 9.47 Å². The number of aromatic nitrogens is 1. The number of hydrogen-bond donors (Lipinski definition) is 1. The van der Waals surface area contributed by atoms with Crippen molar-refractivity contribution in [2.24, 2.45) is 0 Å². The predicted octanol–water partition coefficient (Wildman–Crippen LogP) is 0.900. The lowest BCUT2D eigenvalue weighted by Crippen LogP contribution is -2.00. The molecule has 0 saturated carbocycles. The monoisotopic (exact) mass is 183 g/mol. The fourth-order valence-corrected chi connectivity index (χ4v) is 1.14. The van der Waals surface area contributed by atoms with Crippen LogP contribution in [0.4, 0.5) is 0 Å². The van der Waals surface area contributed by atoms with Crippen LogP contribution in [0.15, 0.2) is 6.07 Å². The number of nitrogens with zero attached hydrogens (tertiary/aromatic N) is 1. The van der Waals surface area contributed by atoms with E-state index in [0.29, 0.717) is 17.2 Å². The number of hydrogen-bond acceptors (Lipinski definition) is 4. The molecule has 0 aliphatic rings. The van der Waals surface area contributed by atoms with Crippen LogP contribution >= 0.6 is 0 Å². The van der Waals surface area contributed by atoms with E-state index in [1.165, 1.54) is 7.11 Å². The Labute approximate surface area is 77.1 Å². The van der Waals surface area contributed by atoms with Gasteiger partial charge in [0.05, 0.1) is 26.4 Å². The zero-order valence-electron chi connectivity index (χ0n) is 8.00. The molecule has 1 N–H and O–H groups in total. The van der Waals surface area contributed by atoms with Gasteiger partial charge in [-0.2, -0.15) is 0 Å². The van der Waals surface area contributed by atoms with Crippen LogP contribution in [0.1, 0.15) is 11.3 Å². The third kappa shape index (κ3) is 1.89. The minimum Gasteiger partial charge on any atom is -0.496 e. The molecule has 0 fully saturated rings. The lowest BCUT2D eigenvalue weighted by atomic mass is 10.2. The molecule has 0 spiro atoms. The maximum absolute atomic E-state index is 9.05. The van der Waals surface area contributed by atoms with Gasteiger partial charge in [0.15, 0.2) is 0 Å². The third-order valence-electron chi connectivity index (χ3n) is 1.74. The van der Waals surface area contributed by atoms with E-state index >= 15 is 0 Å². The summed E-state index contributed by atoms with van der Waals surface area (Å²) < 4.78 is 10.1. The molecule has 0 amide bonds. The third-order valence-corrected chi connectivity index (χ3v) is 1.74. The maximum Gasteiger partial charge on any atom is 0.222 e. The largest absolute Gasteiger partial charge is 0.496 e. The molecule has 0 aromatic carbocycles. The minimum absolute atomic E-state index is 0.139. The summed E-state index contributed by atoms with van der Waals surface area (Å²) in [5.41, 5.74) is 1.38. The van der Waals surface area contributed by atoms with E-state index in [9.17, 15) is 0 Å². The van der Waals surface area contributed by atoms with E-state index in [2.05, 4.69) is 4.98 Å². The highest BCUT2D eigenvalue weighted by molar-refractivity contribution is 5.41. The van der Waals surface area contributed by atoms with Crippen molar-refractivity contribution >= 4 is 0 Å². The fraction of sp³-hybridized carbons (Fsp3) is 0.444. The van der Waals surface area contributed by atoms with Gasteiger partial charge in [0.1, 0.15) is 5.75 Å². The van der Waals surface area contributed by atoms with Gasteiger partial charge in [0.25, 0.3) is 0 Å². The Bertz CT molecular complexity index is 274. The van der Waals surface area contributed by atoms with Crippen molar-refractivity contribution in [3.05, 3.63) is 17.3 Å². The highest BCUT2D eigenvalue weighted by Gasteiger charge is 2.11. The second-order valence-corrected chi connectivity index (χ2v) is 2.61. The molecular formula is C9H13NO3. The summed E-state index contributed by atoms with van der Waals surface area (Å²) in [6.45, 7) is 1.70. The average Bonchev–Trinajstić information content (AvgIpc) is 2.16. The molecule has 0 radical (unpaired) electrons. The van der Waals surface area contributed by atoms with Gasteiger partial charge in [-0.15, -0.1) is 0 Å². The van der Waals surface area contributed by atoms with E-state index < -0.39 is 0 Å². The fourth-order valence-electron chi connectivity index (χ4n) is 1.14. The topological polar surface area (TPSA) is 51.6 Å². The number of aliphatic hydroxyl groups excluding tert-OH is 1. The molecule has 4 nitrogen and oxygen atoms in total. The lowest BCUT2D eigenvalue weighted by Gasteiger charge is -2.10. The van der Waals surface area contributed by atoms with Gasteiger partial charge in [-0.3, -0.25) is 0 Å². The van der Waals surface area contributed by atoms with E-state index in [4.69, 9.17) is 14.6 Å². The zero-order chi connectivity index (χ0) is 9.84. The van der Waals surface area contributed by atoms with Crippen LogP contribution in [0.25, 0.3) is 0 Å². The number of aryl methyl sites for hydroxylation is 1. The van der Waals surface area contributed by atoms with Crippen LogP contribution in [0.2, 0.25) is 0 Å². The molecule has 72 valence electrons. The molecule has 0 aliphatic carbocycles. The molecule has 0 atom stereocenters. The molecule has 0 saturated heterocycles. The number of methoxy groups -OCH3 is 2. The molecule has 1 rings (SSSR count). The van der Waals surface area contributed by atoms with Crippen molar-refractivity contribution in [2.75, 3.05) is 14.2 Å². The summed E-state index contributed by atoms with van der Waals surface area (Å²) >= 11 is 0. The Hall–Kier alpha value is -1.29. The van der Waals surface area contributed by atoms with Crippen LogP contribution in [0, 0.1) is 6.92 Å². The Balaban J connectivity index is 3.25. The Kier molecular flexibility index (Phi) is 3.08. The van der Waals surface area contributed by atoms with Gasteiger partial charge in [0.2, 0.25) is 5.88 Å². The quantitative estimate of drug-likeness (QED) is 0.756. The zero-order valence-corrected chi connectivity index (χ0v) is 8.00. The molecule has 1 aromatic rings. The van der Waals surface area contributed by atoms with E-state index in [-0.39, 0.29) is 6.61 Å². The van der Waals surface area contributed by atoms with Gasteiger partial charge in [-0.05, 0) is 6.92 Å². The molecule has 0 aliphatic heterocycles. The molecule has 0 unspecified atom stereocenters. The van der Waals surface area contributed by atoms with Crippen molar-refractivity contribution in [1.29, 1.82) is 0 Å². The van der Waals surface area contributed by atoms with Gasteiger partial charge < -0.3 is 14.6 Å². The Morgan fingerprint density at radius 2 is 2.08 bits per heavy atom. The second-order valence-electron chi connectivity index (χ2n) is 2.61. The summed E-state index contributed by atoms with van der Waals surface area (Å²) in [7, 11) is 3.06. The highest BCUT2D eigenvalue weighted by atomic mass is 16.5. The van der Waals surface area contributed by atoms with Crippen LogP contribution in [0.5, 0.6) is 11.6 Å². The summed E-state index contributed by atoms with van der Waals surface area (Å²) in [5.74, 6) is 1.02. The first kappa shape index (κ1) is 9.80. The minimum atomic E-state index is -0.139. The van der Waals surface area contributed by atoms with E-state index in [1.54, 1.807) is 13.2 Å². The van der Waals surface area contributed by atoms with Crippen molar-refractivity contribution in [2.45, 2.75) is 13.5 Å². The second kappa shape index (κ2) is 4.09. The maximum atomic E-state index is 9.05. The molecule has 1 aromatic heterocycles. The van der Waals surface area contributed by atoms with E-state index in [0.717, 1.165) is 5.69 Å². The lowest BCUT2D eigenvalue weighted by molar-refractivity contribution is 0.262. The van der Waals surface area contributed by atoms with Crippen LogP contribution in [0.3, 0.4) is 0 Å². The molecule has 1 heterocycles. The summed E-state index contributed by atoms with van der Waals surface area (Å²) in [5, 5.41) is 9.05. The Morgan fingerprint density at radius 3 is 2.54 bits per heavy atom. The first-order valence-electron chi connectivity index (χ1n) is 3.92. The predicted molar refractivity (Wildman–Crippen MR) is 48.0 cm³/mol. The van der Waals surface area contributed by atoms with Crippen molar-refractivity contribution in [1.82, 2.24) is 4.98 Å². The standard InChI is InChI=1S/C9H13NO3/c1-6-4-8(12-2)7(5-11)9(10-6)13-3/h4,11H,5H2,1-3H3. The highest BCUT2D eigenvalue weighted by Crippen LogP contribution is 2.27. The molecule has 0 bridgehead atoms. The van der Waals surface area contributed by atoms with E-state index in [1.807, 2.05) is 6.92 Å². The number of aliphatic hydroxyl groups is 1. The van der Waals surface area contributed by atoms with Crippen molar-refractivity contribution in [3.8, 4) is 11.6 Å². The Morgan fingerprint density at radius 1 is 1.38 bits per heavy atom. The SMILES string of the molecule is COc1cc(C)nc(OC)c1CO. The summed E-state index contributed by atoms with van der Waals surface area (Å²) in [4.78, 5) is 4.11. The van der Waals surface area contributed by atoms with Crippen molar-refractivity contribution < 1.29 is 14.6 Å². The average molecular weight is 183 g/mol. The van der Waals surface area contributed by atoms with Gasteiger partial charge >= 0.3 is 0 Å². The van der Waals surface area contributed by atoms with Gasteiger partial charge in [-0.1, -0.05) is 0 Å². The van der Waals surface area contributed by atoms with Crippen LogP contribution in [-0.2, 0) is 6.61 Å². The van der Waals surface area contributed by atoms with Gasteiger partial charge in [0, 0.05) is 11.8 Å². The number of rotatable bonds is 3. The molecule has 13 heavy (non-hydrogen) atoms. The molecule has 4 heteroatoms. The van der Waals surface area contributed by atoms with Crippen molar-refractivity contribution in [3.63, 3.8) is 0 Å². The summed E-state index contributed by atoms with van der Waals surface area (Å²) in [6.07, 6.45) is 0. The number of pyridine rings is 1. The van der Waals surface area contributed by atoms with Crippen LogP contribution in [-0.4, -0.2) is 24.3 Å². The van der Waals surface area contributed by atoms with Gasteiger partial charge in [-0.25, -0.2) is 4.98 Å². The number of ether oxygens (including phenoxy) is 2. The normalized spacial score (nSPS) is 9.85. The first-order valence-corrected chi connectivity index (χ1v) is 3.92. The smallest absolute Gasteiger partial charge is 0.222 e.